The molecule has 2 N–H and O–H groups in total. The zero-order chi connectivity index (χ0) is 14.1. The average molecular weight is 270 g/mol. The van der Waals surface area contributed by atoms with E-state index in [0.29, 0.717) is 12.0 Å². The maximum absolute atomic E-state index is 6.78. The van der Waals surface area contributed by atoms with E-state index in [1.54, 1.807) is 0 Å². The lowest BCUT2D eigenvalue weighted by Crippen LogP contribution is -2.80. The van der Waals surface area contributed by atoms with Gasteiger partial charge in [-0.2, -0.15) is 0 Å². The lowest BCUT2D eigenvalue weighted by Gasteiger charge is -2.67. The molecule has 4 heteroatoms. The van der Waals surface area contributed by atoms with Crippen LogP contribution in [0.15, 0.2) is 0 Å². The molecule has 2 rings (SSSR count). The van der Waals surface area contributed by atoms with Gasteiger partial charge in [0.1, 0.15) is 0 Å². The Morgan fingerprint density at radius 1 is 1.42 bits per heavy atom. The summed E-state index contributed by atoms with van der Waals surface area (Å²) in [5.41, 5.74) is 6.72. The third-order valence-electron chi connectivity index (χ3n) is 5.25. The monoisotopic (exact) mass is 270 g/mol. The third kappa shape index (κ3) is 2.56. The number of hydrogen-bond donors (Lipinski definition) is 1. The number of nitrogens with two attached hydrogens (primary N) is 1. The van der Waals surface area contributed by atoms with E-state index in [4.69, 9.17) is 15.2 Å². The topological polar surface area (TPSA) is 47.7 Å². The smallest absolute Gasteiger partial charge is 0.0690 e. The number of ether oxygens (including phenoxy) is 2. The van der Waals surface area contributed by atoms with E-state index in [0.717, 1.165) is 39.3 Å². The van der Waals surface area contributed by atoms with E-state index in [-0.39, 0.29) is 11.0 Å². The number of hydrogen-bond acceptors (Lipinski definition) is 4. The van der Waals surface area contributed by atoms with Crippen molar-refractivity contribution in [2.75, 3.05) is 40.0 Å². The van der Waals surface area contributed by atoms with Crippen molar-refractivity contribution in [2.24, 2.45) is 17.1 Å². The van der Waals surface area contributed by atoms with Gasteiger partial charge in [-0.1, -0.05) is 13.8 Å². The number of fused-ring (bicyclic) bond motifs is 1. The zero-order valence-corrected chi connectivity index (χ0v) is 12.9. The van der Waals surface area contributed by atoms with Crippen molar-refractivity contribution in [3.63, 3.8) is 0 Å². The molecule has 0 aromatic rings. The van der Waals surface area contributed by atoms with Crippen molar-refractivity contribution in [1.82, 2.24) is 4.90 Å². The summed E-state index contributed by atoms with van der Waals surface area (Å²) in [6.45, 7) is 10.9. The molecule has 1 saturated heterocycles. The van der Waals surface area contributed by atoms with Crippen LogP contribution in [0.4, 0.5) is 0 Å². The summed E-state index contributed by atoms with van der Waals surface area (Å²) in [4.78, 5) is 2.31. The van der Waals surface area contributed by atoms with Gasteiger partial charge in [-0.3, -0.25) is 0 Å². The van der Waals surface area contributed by atoms with Crippen LogP contribution >= 0.6 is 0 Å². The Bertz CT molecular complexity index is 309. The minimum Gasteiger partial charge on any atom is -0.380 e. The van der Waals surface area contributed by atoms with E-state index in [1.165, 1.54) is 6.42 Å². The molecule has 2 fully saturated rings. The van der Waals surface area contributed by atoms with Gasteiger partial charge in [-0.05, 0) is 26.8 Å². The Kier molecular flexibility index (Phi) is 4.56. The molecule has 0 spiro atoms. The summed E-state index contributed by atoms with van der Waals surface area (Å²) >= 11 is 0. The highest BCUT2D eigenvalue weighted by atomic mass is 16.5. The summed E-state index contributed by atoms with van der Waals surface area (Å²) in [5, 5.41) is 0. The van der Waals surface area contributed by atoms with Crippen molar-refractivity contribution in [1.29, 1.82) is 0 Å². The van der Waals surface area contributed by atoms with Crippen LogP contribution < -0.4 is 5.73 Å². The quantitative estimate of drug-likeness (QED) is 0.743. The minimum absolute atomic E-state index is 0.0674. The highest BCUT2D eigenvalue weighted by Gasteiger charge is 2.66. The lowest BCUT2D eigenvalue weighted by atomic mass is 9.46. The van der Waals surface area contributed by atoms with Crippen LogP contribution in [-0.2, 0) is 9.47 Å². The number of nitrogens with zero attached hydrogens (tertiary/aromatic N) is 1. The van der Waals surface area contributed by atoms with Crippen molar-refractivity contribution >= 4 is 0 Å². The molecule has 2 aliphatic rings. The maximum atomic E-state index is 6.78. The van der Waals surface area contributed by atoms with Crippen LogP contribution in [0.2, 0.25) is 0 Å². The molecule has 1 heterocycles. The molecule has 3 atom stereocenters. The summed E-state index contributed by atoms with van der Waals surface area (Å²) in [6.07, 6.45) is 2.72. The van der Waals surface area contributed by atoms with Gasteiger partial charge in [0.25, 0.3) is 0 Å². The highest BCUT2D eigenvalue weighted by molar-refractivity contribution is 5.20. The van der Waals surface area contributed by atoms with E-state index in [2.05, 4.69) is 25.8 Å². The Balaban J connectivity index is 1.93. The fourth-order valence-corrected chi connectivity index (χ4v) is 3.88. The number of likely N-dealkylation sites (N-methyl/N-ethyl adjacent to an activating group) is 1. The van der Waals surface area contributed by atoms with Gasteiger partial charge in [0.2, 0.25) is 0 Å². The first-order valence-electron chi connectivity index (χ1n) is 7.60. The predicted molar refractivity (Wildman–Crippen MR) is 77.2 cm³/mol. The first-order chi connectivity index (χ1) is 8.93. The van der Waals surface area contributed by atoms with E-state index in [9.17, 15) is 0 Å². The van der Waals surface area contributed by atoms with Crippen molar-refractivity contribution in [3.05, 3.63) is 0 Å². The summed E-state index contributed by atoms with van der Waals surface area (Å²) < 4.78 is 11.4. The van der Waals surface area contributed by atoms with Crippen LogP contribution in [0.5, 0.6) is 0 Å². The van der Waals surface area contributed by atoms with Gasteiger partial charge in [0, 0.05) is 43.2 Å². The predicted octanol–water partition coefficient (Wildman–Crippen LogP) is 1.49. The van der Waals surface area contributed by atoms with Gasteiger partial charge < -0.3 is 20.1 Å². The first kappa shape index (κ1) is 15.2. The molecule has 19 heavy (non-hydrogen) atoms. The van der Waals surface area contributed by atoms with Gasteiger partial charge in [-0.25, -0.2) is 0 Å². The van der Waals surface area contributed by atoms with Crippen LogP contribution in [0.1, 0.15) is 33.6 Å². The summed E-state index contributed by atoms with van der Waals surface area (Å²) in [6, 6.07) is 0. The van der Waals surface area contributed by atoms with Crippen molar-refractivity contribution < 1.29 is 9.47 Å². The van der Waals surface area contributed by atoms with E-state index in [1.807, 2.05) is 6.92 Å². The Hall–Kier alpha value is -0.160. The van der Waals surface area contributed by atoms with Crippen molar-refractivity contribution in [2.45, 2.75) is 45.3 Å². The van der Waals surface area contributed by atoms with Crippen LogP contribution in [0, 0.1) is 11.3 Å². The molecule has 4 nitrogen and oxygen atoms in total. The van der Waals surface area contributed by atoms with Gasteiger partial charge in [-0.15, -0.1) is 0 Å². The Labute approximate surface area is 117 Å². The van der Waals surface area contributed by atoms with Gasteiger partial charge >= 0.3 is 0 Å². The molecule has 112 valence electrons. The van der Waals surface area contributed by atoms with E-state index >= 15 is 0 Å². The first-order valence-corrected chi connectivity index (χ1v) is 7.60. The Morgan fingerprint density at radius 2 is 2.16 bits per heavy atom. The molecule has 3 unspecified atom stereocenters. The van der Waals surface area contributed by atoms with Crippen LogP contribution in [-0.4, -0.2) is 56.5 Å². The molecule has 1 aliphatic heterocycles. The normalized spacial score (nSPS) is 36.9. The maximum Gasteiger partial charge on any atom is 0.0690 e. The molecule has 0 bridgehead atoms. The van der Waals surface area contributed by atoms with E-state index < -0.39 is 0 Å². The SMILES string of the molecule is CCOCCN(C)CC1(N)C2CCCOC2C1(C)C. The number of rotatable bonds is 6. The highest BCUT2D eigenvalue weighted by Crippen LogP contribution is 2.57. The molecule has 0 aromatic heterocycles. The van der Waals surface area contributed by atoms with Gasteiger partial charge in [0.15, 0.2) is 0 Å². The molecule has 0 aromatic carbocycles. The summed E-state index contributed by atoms with van der Waals surface area (Å²) in [7, 11) is 2.14. The summed E-state index contributed by atoms with van der Waals surface area (Å²) in [5.74, 6) is 0.519. The second kappa shape index (κ2) is 5.68. The molecule has 1 saturated carbocycles. The van der Waals surface area contributed by atoms with Crippen molar-refractivity contribution in [3.8, 4) is 0 Å². The molecule has 1 aliphatic carbocycles. The molecule has 0 radical (unpaired) electrons. The van der Waals surface area contributed by atoms with Crippen LogP contribution in [0.25, 0.3) is 0 Å². The average Bonchev–Trinajstić information content (AvgIpc) is 2.39. The zero-order valence-electron chi connectivity index (χ0n) is 12.9. The fraction of sp³-hybridized carbons (Fsp3) is 1.00. The minimum atomic E-state index is -0.126. The molecular formula is C15H30N2O2. The standard InChI is InChI=1S/C15H30N2O2/c1-5-18-10-8-17(4)11-15(16)12-7-6-9-19-13(12)14(15,2)3/h12-13H,5-11,16H2,1-4H3. The van der Waals surface area contributed by atoms with Gasteiger partial charge in [0.05, 0.1) is 12.7 Å². The fourth-order valence-electron chi connectivity index (χ4n) is 3.88. The molecule has 0 amide bonds. The Morgan fingerprint density at radius 3 is 2.84 bits per heavy atom. The second-order valence-corrected chi connectivity index (χ2v) is 6.74. The van der Waals surface area contributed by atoms with Crippen LogP contribution in [0.3, 0.4) is 0 Å². The lowest BCUT2D eigenvalue weighted by molar-refractivity contribution is -0.231. The molecular weight excluding hydrogens is 240 g/mol. The second-order valence-electron chi connectivity index (χ2n) is 6.74. The third-order valence-corrected chi connectivity index (χ3v) is 5.25. The largest absolute Gasteiger partial charge is 0.380 e.